The minimum absolute atomic E-state index is 0.0768. The van der Waals surface area contributed by atoms with Crippen molar-refractivity contribution in [1.29, 1.82) is 0 Å². The average Bonchev–Trinajstić information content (AvgIpc) is 2.33. The largest absolute Gasteiger partial charge is 0.465 e. The number of hydrogen-bond acceptors (Lipinski definition) is 5. The van der Waals surface area contributed by atoms with Crippen LogP contribution in [-0.4, -0.2) is 40.1 Å². The van der Waals surface area contributed by atoms with E-state index in [0.717, 1.165) is 5.56 Å². The van der Waals surface area contributed by atoms with Gasteiger partial charge in [-0.1, -0.05) is 18.2 Å². The highest BCUT2D eigenvalue weighted by molar-refractivity contribution is 7.90. The van der Waals surface area contributed by atoms with Crippen molar-refractivity contribution in [2.24, 2.45) is 0 Å². The van der Waals surface area contributed by atoms with Gasteiger partial charge < -0.3 is 10.1 Å². The van der Waals surface area contributed by atoms with Crippen molar-refractivity contribution in [3.63, 3.8) is 0 Å². The molecule has 0 saturated heterocycles. The van der Waals surface area contributed by atoms with Crippen LogP contribution in [0.4, 0.5) is 0 Å². The molecule has 1 rings (SSSR count). The molecule has 0 atom stereocenters. The Hall–Kier alpha value is -1.40. The van der Waals surface area contributed by atoms with Gasteiger partial charge in [0.15, 0.2) is 0 Å². The summed E-state index contributed by atoms with van der Waals surface area (Å²) in [5.41, 5.74) is 1.28. The van der Waals surface area contributed by atoms with Gasteiger partial charge in [0.1, 0.15) is 9.84 Å². The summed E-state index contributed by atoms with van der Waals surface area (Å²) in [7, 11) is -1.63. The van der Waals surface area contributed by atoms with Gasteiger partial charge in [-0.15, -0.1) is 0 Å². The maximum Gasteiger partial charge on any atom is 0.338 e. The van der Waals surface area contributed by atoms with Gasteiger partial charge in [-0.05, 0) is 11.6 Å². The molecule has 1 aromatic carbocycles. The molecule has 0 unspecified atom stereocenters. The lowest BCUT2D eigenvalue weighted by atomic mass is 10.1. The number of methoxy groups -OCH3 is 1. The molecule has 0 aliphatic carbocycles. The van der Waals surface area contributed by atoms with Crippen molar-refractivity contribution in [2.75, 3.05) is 25.7 Å². The number of carbonyl (C=O) groups excluding carboxylic acids is 1. The molecule has 0 spiro atoms. The van der Waals surface area contributed by atoms with Gasteiger partial charge in [-0.25, -0.2) is 13.2 Å². The van der Waals surface area contributed by atoms with Crippen LogP contribution < -0.4 is 5.32 Å². The smallest absolute Gasteiger partial charge is 0.338 e. The third-order valence-corrected chi connectivity index (χ3v) is 3.33. The zero-order valence-corrected chi connectivity index (χ0v) is 11.3. The topological polar surface area (TPSA) is 72.5 Å². The fraction of sp³-hybridized carbons (Fsp3) is 0.417. The van der Waals surface area contributed by atoms with Gasteiger partial charge in [-0.2, -0.15) is 0 Å². The standard InChI is InChI=1S/C12H17NO4S/c1-17-12(14)11-6-4-3-5-10(11)9-13-7-8-18(2,15)16/h3-6,13H,7-9H2,1-2H3. The van der Waals surface area contributed by atoms with Crippen molar-refractivity contribution in [2.45, 2.75) is 6.54 Å². The van der Waals surface area contributed by atoms with E-state index in [4.69, 9.17) is 0 Å². The summed E-state index contributed by atoms with van der Waals surface area (Å²) in [5, 5.41) is 2.99. The molecule has 6 heteroatoms. The first-order chi connectivity index (χ1) is 8.44. The first-order valence-electron chi connectivity index (χ1n) is 5.48. The van der Waals surface area contributed by atoms with E-state index >= 15 is 0 Å². The van der Waals surface area contributed by atoms with Crippen LogP contribution in [-0.2, 0) is 21.1 Å². The number of nitrogens with one attached hydrogen (secondary N) is 1. The number of sulfone groups is 1. The second-order valence-electron chi connectivity index (χ2n) is 3.96. The molecule has 0 radical (unpaired) electrons. The molecule has 0 heterocycles. The minimum Gasteiger partial charge on any atom is -0.465 e. The van der Waals surface area contributed by atoms with Crippen molar-refractivity contribution in [3.05, 3.63) is 35.4 Å². The fourth-order valence-corrected chi connectivity index (χ4v) is 1.98. The SMILES string of the molecule is COC(=O)c1ccccc1CNCCS(C)(=O)=O. The highest BCUT2D eigenvalue weighted by Gasteiger charge is 2.10. The Bertz CT molecular complexity index is 511. The van der Waals surface area contributed by atoms with E-state index in [0.29, 0.717) is 18.7 Å². The summed E-state index contributed by atoms with van der Waals surface area (Å²) in [6, 6.07) is 7.06. The number of carbonyl (C=O) groups is 1. The second-order valence-corrected chi connectivity index (χ2v) is 6.22. The van der Waals surface area contributed by atoms with Gasteiger partial charge in [0.05, 0.1) is 18.4 Å². The van der Waals surface area contributed by atoms with E-state index in [1.165, 1.54) is 13.4 Å². The Balaban J connectivity index is 2.60. The van der Waals surface area contributed by atoms with E-state index in [2.05, 4.69) is 10.1 Å². The molecule has 0 aromatic heterocycles. The van der Waals surface area contributed by atoms with E-state index in [-0.39, 0.29) is 5.75 Å². The molecular formula is C12H17NO4S. The van der Waals surface area contributed by atoms with E-state index in [1.807, 2.05) is 6.07 Å². The number of hydrogen-bond donors (Lipinski definition) is 1. The molecule has 0 saturated carbocycles. The zero-order chi connectivity index (χ0) is 13.6. The van der Waals surface area contributed by atoms with Gasteiger partial charge >= 0.3 is 5.97 Å². The Kier molecular flexibility index (Phi) is 5.30. The van der Waals surface area contributed by atoms with Crippen molar-refractivity contribution >= 4 is 15.8 Å². The van der Waals surface area contributed by atoms with Crippen LogP contribution in [0.3, 0.4) is 0 Å². The van der Waals surface area contributed by atoms with E-state index in [1.54, 1.807) is 18.2 Å². The molecule has 100 valence electrons. The van der Waals surface area contributed by atoms with Crippen LogP contribution in [0.5, 0.6) is 0 Å². The maximum absolute atomic E-state index is 11.5. The molecular weight excluding hydrogens is 254 g/mol. The molecule has 5 nitrogen and oxygen atoms in total. The maximum atomic E-state index is 11.5. The highest BCUT2D eigenvalue weighted by Crippen LogP contribution is 2.09. The van der Waals surface area contributed by atoms with Crippen LogP contribution in [0, 0.1) is 0 Å². The lowest BCUT2D eigenvalue weighted by Crippen LogP contribution is -2.23. The quantitative estimate of drug-likeness (QED) is 0.606. The van der Waals surface area contributed by atoms with Gasteiger partial charge in [-0.3, -0.25) is 0 Å². The summed E-state index contributed by atoms with van der Waals surface area (Å²) >= 11 is 0. The van der Waals surface area contributed by atoms with Crippen molar-refractivity contribution < 1.29 is 17.9 Å². The molecule has 18 heavy (non-hydrogen) atoms. The minimum atomic E-state index is -2.96. The van der Waals surface area contributed by atoms with Gasteiger partial charge in [0.2, 0.25) is 0 Å². The third-order valence-electron chi connectivity index (χ3n) is 2.39. The summed E-state index contributed by atoms with van der Waals surface area (Å²) in [4.78, 5) is 11.5. The van der Waals surface area contributed by atoms with Crippen LogP contribution in [0.25, 0.3) is 0 Å². The second kappa shape index (κ2) is 6.51. The first kappa shape index (κ1) is 14.7. The average molecular weight is 271 g/mol. The number of esters is 1. The Morgan fingerprint density at radius 3 is 2.61 bits per heavy atom. The van der Waals surface area contributed by atoms with Crippen molar-refractivity contribution in [3.8, 4) is 0 Å². The lowest BCUT2D eigenvalue weighted by Gasteiger charge is -2.08. The molecule has 0 aliphatic heterocycles. The third kappa shape index (κ3) is 4.85. The molecule has 0 aliphatic rings. The van der Waals surface area contributed by atoms with Gasteiger partial charge in [0.25, 0.3) is 0 Å². The normalized spacial score (nSPS) is 11.2. The Labute approximate surface area is 107 Å². The number of ether oxygens (including phenoxy) is 1. The summed E-state index contributed by atoms with van der Waals surface area (Å²) < 4.78 is 26.6. The first-order valence-corrected chi connectivity index (χ1v) is 7.55. The number of rotatable bonds is 6. The summed E-state index contributed by atoms with van der Waals surface area (Å²) in [6.07, 6.45) is 1.19. The predicted molar refractivity (Wildman–Crippen MR) is 69.2 cm³/mol. The molecule has 0 bridgehead atoms. The van der Waals surface area contributed by atoms with E-state index in [9.17, 15) is 13.2 Å². The summed E-state index contributed by atoms with van der Waals surface area (Å²) in [5.74, 6) is -0.316. The monoisotopic (exact) mass is 271 g/mol. The summed E-state index contributed by atoms with van der Waals surface area (Å²) in [6.45, 7) is 0.787. The molecule has 1 aromatic rings. The zero-order valence-electron chi connectivity index (χ0n) is 10.5. The number of benzene rings is 1. The predicted octanol–water partition coefficient (Wildman–Crippen LogP) is 0.607. The lowest BCUT2D eigenvalue weighted by molar-refractivity contribution is 0.0599. The fourth-order valence-electron chi connectivity index (χ4n) is 1.46. The Morgan fingerprint density at radius 1 is 1.33 bits per heavy atom. The highest BCUT2D eigenvalue weighted by atomic mass is 32.2. The van der Waals surface area contributed by atoms with E-state index < -0.39 is 15.8 Å². The Morgan fingerprint density at radius 2 is 2.00 bits per heavy atom. The van der Waals surface area contributed by atoms with Crippen LogP contribution in [0.15, 0.2) is 24.3 Å². The molecule has 1 N–H and O–H groups in total. The van der Waals surface area contributed by atoms with Crippen LogP contribution >= 0.6 is 0 Å². The van der Waals surface area contributed by atoms with Crippen LogP contribution in [0.2, 0.25) is 0 Å². The van der Waals surface area contributed by atoms with Crippen molar-refractivity contribution in [1.82, 2.24) is 5.32 Å². The van der Waals surface area contributed by atoms with Crippen LogP contribution in [0.1, 0.15) is 15.9 Å². The molecule has 0 amide bonds. The van der Waals surface area contributed by atoms with Gasteiger partial charge in [0, 0.05) is 19.3 Å². The molecule has 0 fully saturated rings.